The number of benzene rings is 3. The van der Waals surface area contributed by atoms with Crippen molar-refractivity contribution < 1.29 is 24.1 Å². The Hall–Kier alpha value is -2.69. The lowest BCUT2D eigenvalue weighted by Crippen LogP contribution is -2.42. The van der Waals surface area contributed by atoms with Gasteiger partial charge in [-0.25, -0.2) is 0 Å². The first kappa shape index (κ1) is 31.3. The monoisotopic (exact) mass is 596 g/mol. The fraction of sp³-hybridized carbons (Fsp3) is 0.406. The van der Waals surface area contributed by atoms with Crippen molar-refractivity contribution in [2.75, 3.05) is 45.4 Å². The number of ether oxygens (including phenoxy) is 3. The fourth-order valence-electron chi connectivity index (χ4n) is 5.24. The van der Waals surface area contributed by atoms with E-state index in [0.29, 0.717) is 25.9 Å². The normalized spacial score (nSPS) is 17.0. The number of aliphatic hydroxyl groups is 1. The number of carbonyl (C=O) groups is 1. The maximum absolute atomic E-state index is 13.3. The van der Waals surface area contributed by atoms with Crippen LogP contribution in [0.25, 0.3) is 0 Å². The molecule has 7 nitrogen and oxygen atoms in total. The maximum atomic E-state index is 13.3. The van der Waals surface area contributed by atoms with Crippen LogP contribution in [0.2, 0.25) is 0 Å². The van der Waals surface area contributed by atoms with E-state index >= 15 is 0 Å². The molecule has 1 amide bonds. The summed E-state index contributed by atoms with van der Waals surface area (Å²) in [5, 5.41) is 10.6. The van der Waals surface area contributed by atoms with Crippen molar-refractivity contribution in [3.8, 4) is 11.5 Å². The Morgan fingerprint density at radius 2 is 1.46 bits per heavy atom. The van der Waals surface area contributed by atoms with E-state index in [1.807, 2.05) is 66.7 Å². The standard InChI is InChI=1S/C32H40N2O5S2/c1-37-29-14-10-25(11-15-29)32(24-7-4-3-5-8-24,26-12-16-30(38-2)17-13-26)39-23-27-21-28(35)22-34(27)31(36)9-6-19-40-41-20-18-33/h3-5,7-8,10-17,27-28,35H,6,9,18-23,33H2,1-2H3/t27-,28+/m0/s1. The second-order valence-corrected chi connectivity index (χ2v) is 12.6. The number of nitrogens with two attached hydrogens (primary N) is 1. The number of β-amino-alcohol motifs (C(OH)–C–C–N with tert-alkyl or cyclic N) is 1. The summed E-state index contributed by atoms with van der Waals surface area (Å²) in [7, 11) is 6.78. The smallest absolute Gasteiger partial charge is 0.223 e. The van der Waals surface area contributed by atoms with Crippen LogP contribution < -0.4 is 15.2 Å². The molecule has 1 aliphatic heterocycles. The van der Waals surface area contributed by atoms with Crippen LogP contribution in [0.15, 0.2) is 78.9 Å². The number of nitrogens with zero attached hydrogens (tertiary/aromatic N) is 1. The Labute approximate surface area is 251 Å². The van der Waals surface area contributed by atoms with E-state index < -0.39 is 11.7 Å². The number of methoxy groups -OCH3 is 2. The van der Waals surface area contributed by atoms with Crippen molar-refractivity contribution in [1.82, 2.24) is 4.90 Å². The van der Waals surface area contributed by atoms with Gasteiger partial charge in [0.15, 0.2) is 0 Å². The van der Waals surface area contributed by atoms with Crippen LogP contribution in [-0.4, -0.2) is 73.5 Å². The molecule has 3 aromatic rings. The summed E-state index contributed by atoms with van der Waals surface area (Å²) < 4.78 is 17.9. The van der Waals surface area contributed by atoms with Crippen molar-refractivity contribution >= 4 is 27.5 Å². The van der Waals surface area contributed by atoms with Crippen molar-refractivity contribution in [2.24, 2.45) is 5.73 Å². The minimum Gasteiger partial charge on any atom is -0.497 e. The highest BCUT2D eigenvalue weighted by Gasteiger charge is 2.41. The van der Waals surface area contributed by atoms with Gasteiger partial charge in [0.1, 0.15) is 17.1 Å². The largest absolute Gasteiger partial charge is 0.497 e. The first-order chi connectivity index (χ1) is 20.0. The highest BCUT2D eigenvalue weighted by atomic mass is 33.1. The zero-order valence-corrected chi connectivity index (χ0v) is 25.4. The molecule has 0 aliphatic carbocycles. The summed E-state index contributed by atoms with van der Waals surface area (Å²) in [4.78, 5) is 15.1. The van der Waals surface area contributed by atoms with Crippen LogP contribution in [0.1, 0.15) is 36.0 Å². The van der Waals surface area contributed by atoms with E-state index in [-0.39, 0.29) is 18.6 Å². The molecule has 0 aromatic heterocycles. The van der Waals surface area contributed by atoms with Gasteiger partial charge in [0.2, 0.25) is 5.91 Å². The fourth-order valence-corrected chi connectivity index (χ4v) is 7.19. The summed E-state index contributed by atoms with van der Waals surface area (Å²) in [6, 6.07) is 25.6. The molecule has 0 radical (unpaired) electrons. The summed E-state index contributed by atoms with van der Waals surface area (Å²) in [6.45, 7) is 1.24. The quantitative estimate of drug-likeness (QED) is 0.142. The van der Waals surface area contributed by atoms with Gasteiger partial charge in [-0.15, -0.1) is 0 Å². The predicted octanol–water partition coefficient (Wildman–Crippen LogP) is 5.09. The highest BCUT2D eigenvalue weighted by molar-refractivity contribution is 8.76. The summed E-state index contributed by atoms with van der Waals surface area (Å²) in [6.07, 6.45) is 1.13. The second kappa shape index (κ2) is 15.5. The molecule has 220 valence electrons. The molecule has 4 rings (SSSR count). The Bertz CT molecular complexity index is 1160. The van der Waals surface area contributed by atoms with Gasteiger partial charge in [0.25, 0.3) is 0 Å². The Balaban J connectivity index is 1.63. The number of aliphatic hydroxyl groups excluding tert-OH is 1. The number of amides is 1. The van der Waals surface area contributed by atoms with Crippen LogP contribution in [0.4, 0.5) is 0 Å². The molecule has 1 fully saturated rings. The zero-order chi connectivity index (χ0) is 29.1. The van der Waals surface area contributed by atoms with Crippen LogP contribution >= 0.6 is 21.6 Å². The van der Waals surface area contributed by atoms with E-state index in [1.165, 1.54) is 0 Å². The van der Waals surface area contributed by atoms with Crippen molar-refractivity contribution in [3.05, 3.63) is 95.6 Å². The van der Waals surface area contributed by atoms with Crippen LogP contribution in [0, 0.1) is 0 Å². The molecule has 1 aliphatic rings. The molecule has 9 heteroatoms. The topological polar surface area (TPSA) is 94.2 Å². The first-order valence-electron chi connectivity index (χ1n) is 13.9. The molecule has 0 bridgehead atoms. The minimum atomic E-state index is -0.973. The lowest BCUT2D eigenvalue weighted by atomic mass is 9.80. The molecule has 1 saturated heterocycles. The van der Waals surface area contributed by atoms with Gasteiger partial charge in [-0.2, -0.15) is 0 Å². The Kier molecular flexibility index (Phi) is 11.8. The van der Waals surface area contributed by atoms with Crippen LogP contribution in [0.3, 0.4) is 0 Å². The van der Waals surface area contributed by atoms with Gasteiger partial charge in [-0.1, -0.05) is 76.2 Å². The van der Waals surface area contributed by atoms with Gasteiger partial charge < -0.3 is 30.0 Å². The Morgan fingerprint density at radius 1 is 0.902 bits per heavy atom. The van der Waals surface area contributed by atoms with E-state index in [9.17, 15) is 9.90 Å². The molecular formula is C32H40N2O5S2. The lowest BCUT2D eigenvalue weighted by molar-refractivity contribution is -0.134. The number of hydrogen-bond donors (Lipinski definition) is 2. The summed E-state index contributed by atoms with van der Waals surface area (Å²) in [5.74, 6) is 3.35. The predicted molar refractivity (Wildman–Crippen MR) is 168 cm³/mol. The number of hydrogen-bond acceptors (Lipinski definition) is 8. The van der Waals surface area contributed by atoms with E-state index in [1.54, 1.807) is 40.7 Å². The number of likely N-dealkylation sites (tertiary alicyclic amines) is 1. The van der Waals surface area contributed by atoms with Crippen molar-refractivity contribution in [2.45, 2.75) is 37.0 Å². The summed E-state index contributed by atoms with van der Waals surface area (Å²) in [5.41, 5.74) is 7.40. The van der Waals surface area contributed by atoms with Crippen LogP contribution in [0.5, 0.6) is 11.5 Å². The number of rotatable bonds is 15. The van der Waals surface area contributed by atoms with Gasteiger partial charge in [-0.3, -0.25) is 4.79 Å². The molecule has 2 atom stereocenters. The van der Waals surface area contributed by atoms with E-state index in [4.69, 9.17) is 19.9 Å². The molecule has 3 N–H and O–H groups in total. The summed E-state index contributed by atoms with van der Waals surface area (Å²) >= 11 is 0. The second-order valence-electron chi connectivity index (χ2n) is 9.94. The van der Waals surface area contributed by atoms with Crippen molar-refractivity contribution in [3.63, 3.8) is 0 Å². The first-order valence-corrected chi connectivity index (χ1v) is 16.4. The molecule has 0 unspecified atom stereocenters. The van der Waals surface area contributed by atoms with E-state index in [0.717, 1.165) is 46.1 Å². The van der Waals surface area contributed by atoms with Gasteiger partial charge in [0, 0.05) is 31.0 Å². The molecular weight excluding hydrogens is 556 g/mol. The molecule has 0 spiro atoms. The van der Waals surface area contributed by atoms with Gasteiger partial charge in [0.05, 0.1) is 33.0 Å². The van der Waals surface area contributed by atoms with Crippen LogP contribution in [-0.2, 0) is 15.1 Å². The highest BCUT2D eigenvalue weighted by Crippen LogP contribution is 2.42. The van der Waals surface area contributed by atoms with Crippen molar-refractivity contribution in [1.29, 1.82) is 0 Å². The van der Waals surface area contributed by atoms with Gasteiger partial charge in [-0.05, 0) is 53.8 Å². The molecule has 1 heterocycles. The Morgan fingerprint density at radius 3 is 2.02 bits per heavy atom. The third-order valence-corrected chi connectivity index (χ3v) is 9.81. The zero-order valence-electron chi connectivity index (χ0n) is 23.7. The maximum Gasteiger partial charge on any atom is 0.223 e. The lowest BCUT2D eigenvalue weighted by Gasteiger charge is -2.38. The van der Waals surface area contributed by atoms with E-state index in [2.05, 4.69) is 12.1 Å². The molecule has 3 aromatic carbocycles. The number of carbonyl (C=O) groups excluding carboxylic acids is 1. The average Bonchev–Trinajstić information content (AvgIpc) is 3.40. The van der Waals surface area contributed by atoms with Gasteiger partial charge >= 0.3 is 0 Å². The third-order valence-electron chi connectivity index (χ3n) is 7.28. The molecule has 41 heavy (non-hydrogen) atoms. The molecule has 0 saturated carbocycles. The third kappa shape index (κ3) is 7.78. The SMILES string of the molecule is COc1ccc(C(OC[C@@H]2C[C@@H](O)CN2C(=O)CCCSSCCN)(c2ccccc2)c2ccc(OC)cc2)cc1. The minimum absolute atomic E-state index is 0.0544. The average molecular weight is 597 g/mol.